The van der Waals surface area contributed by atoms with Gasteiger partial charge in [-0.2, -0.15) is 0 Å². The Hall–Kier alpha value is -0.830. The van der Waals surface area contributed by atoms with Crippen molar-refractivity contribution in [1.29, 1.82) is 0 Å². The molecule has 0 aromatic rings. The van der Waals surface area contributed by atoms with Crippen molar-refractivity contribution in [3.8, 4) is 0 Å². The lowest BCUT2D eigenvalue weighted by molar-refractivity contribution is -0.122. The van der Waals surface area contributed by atoms with Gasteiger partial charge in [-0.1, -0.05) is 19.9 Å². The average molecular weight is 198 g/mol. The molecule has 0 heterocycles. The van der Waals surface area contributed by atoms with Crippen LogP contribution in [0.2, 0.25) is 0 Å². The van der Waals surface area contributed by atoms with Gasteiger partial charge in [0.2, 0.25) is 5.91 Å². The number of hydrogen-bond donors (Lipinski definition) is 2. The fraction of sp³-hybridized carbons (Fsp3) is 0.727. The molecule has 1 unspecified atom stereocenters. The summed E-state index contributed by atoms with van der Waals surface area (Å²) >= 11 is 0. The summed E-state index contributed by atoms with van der Waals surface area (Å²) in [6.07, 6.45) is 2.78. The molecule has 3 nitrogen and oxygen atoms in total. The van der Waals surface area contributed by atoms with E-state index in [-0.39, 0.29) is 11.9 Å². The highest BCUT2D eigenvalue weighted by molar-refractivity contribution is 5.81. The number of rotatable bonds is 7. The monoisotopic (exact) mass is 198 g/mol. The van der Waals surface area contributed by atoms with Gasteiger partial charge in [0.25, 0.3) is 0 Å². The summed E-state index contributed by atoms with van der Waals surface area (Å²) in [6.45, 7) is 11.2. The van der Waals surface area contributed by atoms with Gasteiger partial charge in [0.05, 0.1) is 6.04 Å². The molecule has 0 aromatic heterocycles. The third-order valence-electron chi connectivity index (χ3n) is 1.99. The average Bonchev–Trinajstić information content (AvgIpc) is 2.13. The first-order chi connectivity index (χ1) is 6.57. The first-order valence-corrected chi connectivity index (χ1v) is 5.20. The third kappa shape index (κ3) is 6.66. The first-order valence-electron chi connectivity index (χ1n) is 5.20. The van der Waals surface area contributed by atoms with Crippen LogP contribution in [0.4, 0.5) is 0 Å². The van der Waals surface area contributed by atoms with Crippen LogP contribution in [0.5, 0.6) is 0 Å². The molecule has 0 saturated heterocycles. The van der Waals surface area contributed by atoms with Crippen LogP contribution >= 0.6 is 0 Å². The second-order valence-corrected chi connectivity index (χ2v) is 3.89. The Morgan fingerprint density at radius 1 is 1.43 bits per heavy atom. The van der Waals surface area contributed by atoms with Crippen molar-refractivity contribution in [3.05, 3.63) is 12.7 Å². The molecule has 0 aliphatic rings. The maximum absolute atomic E-state index is 11.4. The molecule has 14 heavy (non-hydrogen) atoms. The van der Waals surface area contributed by atoms with Gasteiger partial charge in [-0.3, -0.25) is 4.79 Å². The van der Waals surface area contributed by atoms with Gasteiger partial charge >= 0.3 is 0 Å². The number of hydrogen-bond acceptors (Lipinski definition) is 2. The fourth-order valence-electron chi connectivity index (χ4n) is 1.01. The Bertz CT molecular complexity index is 178. The third-order valence-corrected chi connectivity index (χ3v) is 1.99. The Morgan fingerprint density at radius 2 is 2.07 bits per heavy atom. The maximum atomic E-state index is 11.4. The van der Waals surface area contributed by atoms with Crippen LogP contribution in [0.15, 0.2) is 12.7 Å². The Kier molecular flexibility index (Phi) is 7.11. The van der Waals surface area contributed by atoms with E-state index >= 15 is 0 Å². The second kappa shape index (κ2) is 7.56. The van der Waals surface area contributed by atoms with Crippen LogP contribution < -0.4 is 10.6 Å². The standard InChI is InChI=1S/C11H22N2O/c1-5-7-13-11(14)10(4)12-8-6-9(2)3/h5,9-10,12H,1,6-8H2,2-4H3,(H,13,14). The lowest BCUT2D eigenvalue weighted by atomic mass is 10.1. The molecule has 3 heteroatoms. The van der Waals surface area contributed by atoms with E-state index in [1.165, 1.54) is 0 Å². The van der Waals surface area contributed by atoms with Gasteiger partial charge in [-0.25, -0.2) is 0 Å². The smallest absolute Gasteiger partial charge is 0.237 e. The lowest BCUT2D eigenvalue weighted by Gasteiger charge is -2.13. The molecule has 0 saturated carbocycles. The van der Waals surface area contributed by atoms with E-state index in [4.69, 9.17) is 0 Å². The van der Waals surface area contributed by atoms with E-state index in [2.05, 4.69) is 31.1 Å². The van der Waals surface area contributed by atoms with E-state index in [1.807, 2.05) is 6.92 Å². The minimum Gasteiger partial charge on any atom is -0.351 e. The highest BCUT2D eigenvalue weighted by Gasteiger charge is 2.10. The maximum Gasteiger partial charge on any atom is 0.237 e. The van der Waals surface area contributed by atoms with E-state index < -0.39 is 0 Å². The van der Waals surface area contributed by atoms with Crippen LogP contribution in [-0.2, 0) is 4.79 Å². The summed E-state index contributed by atoms with van der Waals surface area (Å²) in [7, 11) is 0. The molecule has 0 aromatic carbocycles. The van der Waals surface area contributed by atoms with Crippen molar-refractivity contribution < 1.29 is 4.79 Å². The zero-order chi connectivity index (χ0) is 11.0. The number of carbonyl (C=O) groups is 1. The molecule has 1 amide bonds. The molecule has 0 fully saturated rings. The fourth-order valence-corrected chi connectivity index (χ4v) is 1.01. The summed E-state index contributed by atoms with van der Waals surface area (Å²) in [6, 6.07) is -0.117. The van der Waals surface area contributed by atoms with Gasteiger partial charge in [0.1, 0.15) is 0 Å². The Labute approximate surface area is 87.0 Å². The molecule has 0 bridgehead atoms. The van der Waals surface area contributed by atoms with Crippen molar-refractivity contribution in [3.63, 3.8) is 0 Å². The van der Waals surface area contributed by atoms with Gasteiger partial charge in [-0.05, 0) is 25.8 Å². The van der Waals surface area contributed by atoms with Crippen molar-refractivity contribution >= 4 is 5.91 Å². The predicted octanol–water partition coefficient (Wildman–Crippen LogP) is 1.31. The van der Waals surface area contributed by atoms with Crippen molar-refractivity contribution in [2.45, 2.75) is 33.2 Å². The lowest BCUT2D eigenvalue weighted by Crippen LogP contribution is -2.42. The number of nitrogens with one attached hydrogen (secondary N) is 2. The zero-order valence-electron chi connectivity index (χ0n) is 9.47. The normalized spacial score (nSPS) is 12.6. The molecule has 2 N–H and O–H groups in total. The second-order valence-electron chi connectivity index (χ2n) is 3.89. The highest BCUT2D eigenvalue weighted by atomic mass is 16.2. The van der Waals surface area contributed by atoms with Gasteiger partial charge < -0.3 is 10.6 Å². The Morgan fingerprint density at radius 3 is 2.57 bits per heavy atom. The Balaban J connectivity index is 3.56. The molecule has 0 spiro atoms. The first kappa shape index (κ1) is 13.2. The summed E-state index contributed by atoms with van der Waals surface area (Å²) in [5.74, 6) is 0.708. The van der Waals surface area contributed by atoms with Crippen molar-refractivity contribution in [2.24, 2.45) is 5.92 Å². The quantitative estimate of drug-likeness (QED) is 0.606. The van der Waals surface area contributed by atoms with Crippen molar-refractivity contribution in [2.75, 3.05) is 13.1 Å². The highest BCUT2D eigenvalue weighted by Crippen LogP contribution is 1.96. The molecule has 82 valence electrons. The van der Waals surface area contributed by atoms with E-state index in [0.29, 0.717) is 12.5 Å². The van der Waals surface area contributed by atoms with Gasteiger partial charge in [-0.15, -0.1) is 6.58 Å². The van der Waals surface area contributed by atoms with Gasteiger partial charge in [0.15, 0.2) is 0 Å². The van der Waals surface area contributed by atoms with Crippen LogP contribution in [-0.4, -0.2) is 25.0 Å². The van der Waals surface area contributed by atoms with E-state index in [0.717, 1.165) is 13.0 Å². The van der Waals surface area contributed by atoms with Crippen LogP contribution in [0.3, 0.4) is 0 Å². The summed E-state index contributed by atoms with van der Waals surface area (Å²) < 4.78 is 0. The van der Waals surface area contributed by atoms with Gasteiger partial charge in [0, 0.05) is 6.54 Å². The van der Waals surface area contributed by atoms with Crippen LogP contribution in [0.25, 0.3) is 0 Å². The van der Waals surface area contributed by atoms with E-state index in [9.17, 15) is 4.79 Å². The summed E-state index contributed by atoms with van der Waals surface area (Å²) in [5, 5.41) is 5.93. The largest absolute Gasteiger partial charge is 0.351 e. The molecule has 0 radical (unpaired) electrons. The molecule has 0 aliphatic heterocycles. The summed E-state index contributed by atoms with van der Waals surface area (Å²) in [5.41, 5.74) is 0. The molecular formula is C11H22N2O. The SMILES string of the molecule is C=CCNC(=O)C(C)NCCC(C)C. The minimum atomic E-state index is -0.117. The molecular weight excluding hydrogens is 176 g/mol. The van der Waals surface area contributed by atoms with Crippen LogP contribution in [0.1, 0.15) is 27.2 Å². The zero-order valence-corrected chi connectivity index (χ0v) is 9.47. The number of carbonyl (C=O) groups excluding carboxylic acids is 1. The van der Waals surface area contributed by atoms with Crippen molar-refractivity contribution in [1.82, 2.24) is 10.6 Å². The molecule has 0 aliphatic carbocycles. The van der Waals surface area contributed by atoms with Crippen LogP contribution in [0, 0.1) is 5.92 Å². The van der Waals surface area contributed by atoms with E-state index in [1.54, 1.807) is 6.08 Å². The minimum absolute atomic E-state index is 0.0358. The topological polar surface area (TPSA) is 41.1 Å². The number of amides is 1. The molecule has 1 atom stereocenters. The molecule has 0 rings (SSSR count). The predicted molar refractivity (Wildman–Crippen MR) is 60.1 cm³/mol. The summed E-state index contributed by atoms with van der Waals surface area (Å²) in [4.78, 5) is 11.4.